The third kappa shape index (κ3) is 6.98. The molecule has 0 saturated carbocycles. The first kappa shape index (κ1) is 26.2. The minimum Gasteiger partial charge on any atom is -0.442 e. The molecule has 1 saturated heterocycles. The second-order valence-corrected chi connectivity index (χ2v) is 9.95. The van der Waals surface area contributed by atoms with Gasteiger partial charge in [-0.2, -0.15) is 9.38 Å². The van der Waals surface area contributed by atoms with E-state index in [9.17, 15) is 23.6 Å². The summed E-state index contributed by atoms with van der Waals surface area (Å²) >= 11 is 0.763. The van der Waals surface area contributed by atoms with Crippen molar-refractivity contribution in [2.24, 2.45) is 16.6 Å². The zero-order valence-electron chi connectivity index (χ0n) is 19.3. The quantitative estimate of drug-likeness (QED) is 0.305. The van der Waals surface area contributed by atoms with Gasteiger partial charge in [0, 0.05) is 10.9 Å². The Labute approximate surface area is 195 Å². The molecule has 4 N–H and O–H groups in total. The zero-order valence-corrected chi connectivity index (χ0v) is 20.1. The maximum atomic E-state index is 14.4. The van der Waals surface area contributed by atoms with Gasteiger partial charge in [0.25, 0.3) is 0 Å². The van der Waals surface area contributed by atoms with Gasteiger partial charge in [-0.05, 0) is 46.1 Å². The van der Waals surface area contributed by atoms with Gasteiger partial charge in [0.15, 0.2) is 5.13 Å². The second kappa shape index (κ2) is 10.7. The normalized spacial score (nSPS) is 21.0. The number of likely N-dealkylation sites (tertiary alicyclic amines) is 1. The molecule has 0 bridgehead atoms. The molecule has 0 aromatic carbocycles. The topological polar surface area (TPSA) is 143 Å². The van der Waals surface area contributed by atoms with E-state index in [1.165, 1.54) is 11.0 Å². The number of carbonyl (C=O) groups is 4. The molecule has 1 aliphatic heterocycles. The maximum Gasteiger partial charge on any atom is 0.436 e. The SMILES string of the molecule is CC1[C@@H](C)CC(C(=O)NCc2cc(C(N)=NC(=O)OC(C)(C)C)c(F)s2)N1C(=O)CNC=O. The first-order valence-electron chi connectivity index (χ1n) is 10.5. The lowest BCUT2D eigenvalue weighted by Crippen LogP contribution is -2.50. The lowest BCUT2D eigenvalue weighted by Gasteiger charge is -2.28. The van der Waals surface area contributed by atoms with Crippen molar-refractivity contribution < 1.29 is 28.3 Å². The summed E-state index contributed by atoms with van der Waals surface area (Å²) in [5.41, 5.74) is 4.93. The molecule has 0 radical (unpaired) electrons. The number of hydrogen-bond donors (Lipinski definition) is 3. The monoisotopic (exact) mass is 483 g/mol. The van der Waals surface area contributed by atoms with E-state index in [4.69, 9.17) is 10.5 Å². The number of amides is 4. The number of nitrogens with two attached hydrogens (primary N) is 1. The number of rotatable bonds is 7. The number of thiophene rings is 1. The number of halogens is 1. The van der Waals surface area contributed by atoms with Crippen molar-refractivity contribution >= 4 is 41.5 Å². The Hall–Kier alpha value is -3.02. The highest BCUT2D eigenvalue weighted by Gasteiger charge is 2.42. The van der Waals surface area contributed by atoms with Gasteiger partial charge in [-0.15, -0.1) is 11.3 Å². The van der Waals surface area contributed by atoms with Crippen molar-refractivity contribution in [3.8, 4) is 0 Å². The lowest BCUT2D eigenvalue weighted by atomic mass is 10.0. The van der Waals surface area contributed by atoms with Gasteiger partial charge in [0.05, 0.1) is 18.7 Å². The van der Waals surface area contributed by atoms with E-state index in [0.29, 0.717) is 17.7 Å². The number of hydrogen-bond acceptors (Lipinski definition) is 6. The van der Waals surface area contributed by atoms with Crippen LogP contribution in [0.25, 0.3) is 0 Å². The van der Waals surface area contributed by atoms with Crippen molar-refractivity contribution in [3.05, 3.63) is 21.6 Å². The average Bonchev–Trinajstić information content (AvgIpc) is 3.22. The van der Waals surface area contributed by atoms with Crippen LogP contribution >= 0.6 is 11.3 Å². The Bertz CT molecular complexity index is 942. The molecule has 2 heterocycles. The summed E-state index contributed by atoms with van der Waals surface area (Å²) in [5.74, 6) is -0.963. The van der Waals surface area contributed by atoms with E-state index in [1.54, 1.807) is 20.8 Å². The van der Waals surface area contributed by atoms with Crippen molar-refractivity contribution in [1.82, 2.24) is 15.5 Å². The Morgan fingerprint density at radius 3 is 2.64 bits per heavy atom. The fraction of sp³-hybridized carbons (Fsp3) is 0.571. The number of amidine groups is 1. The number of ether oxygens (including phenoxy) is 1. The van der Waals surface area contributed by atoms with E-state index in [2.05, 4.69) is 15.6 Å². The Kier molecular flexibility index (Phi) is 8.53. The second-order valence-electron chi connectivity index (χ2n) is 8.86. The molecule has 4 amide bonds. The summed E-state index contributed by atoms with van der Waals surface area (Å²) in [6.07, 6.45) is -0.0316. The summed E-state index contributed by atoms with van der Waals surface area (Å²) in [6.45, 7) is 8.61. The number of nitrogens with zero attached hydrogens (tertiary/aromatic N) is 2. The largest absolute Gasteiger partial charge is 0.442 e. The predicted octanol–water partition coefficient (Wildman–Crippen LogP) is 1.52. The minimum atomic E-state index is -0.932. The molecule has 3 atom stereocenters. The highest BCUT2D eigenvalue weighted by atomic mass is 32.1. The summed E-state index contributed by atoms with van der Waals surface area (Å²) < 4.78 is 19.4. The van der Waals surface area contributed by atoms with Crippen LogP contribution in [0.3, 0.4) is 0 Å². The summed E-state index contributed by atoms with van der Waals surface area (Å²) in [6, 6.07) is 0.538. The van der Waals surface area contributed by atoms with Gasteiger partial charge in [0.2, 0.25) is 18.2 Å². The van der Waals surface area contributed by atoms with Crippen molar-refractivity contribution in [2.75, 3.05) is 6.54 Å². The van der Waals surface area contributed by atoms with Crippen molar-refractivity contribution in [3.63, 3.8) is 0 Å². The van der Waals surface area contributed by atoms with Gasteiger partial charge in [-0.25, -0.2) is 4.79 Å². The van der Waals surface area contributed by atoms with Crippen molar-refractivity contribution in [2.45, 2.75) is 65.3 Å². The van der Waals surface area contributed by atoms with Crippen LogP contribution in [0.5, 0.6) is 0 Å². The number of aliphatic imine (C=N–C) groups is 1. The first-order chi connectivity index (χ1) is 15.3. The van der Waals surface area contributed by atoms with Gasteiger partial charge in [-0.1, -0.05) is 6.92 Å². The zero-order chi connectivity index (χ0) is 24.9. The number of nitrogens with one attached hydrogen (secondary N) is 2. The van der Waals surface area contributed by atoms with Gasteiger partial charge >= 0.3 is 6.09 Å². The van der Waals surface area contributed by atoms with E-state index in [-0.39, 0.29) is 48.3 Å². The number of carbonyl (C=O) groups excluding carboxylic acids is 4. The molecule has 0 spiro atoms. The predicted molar refractivity (Wildman–Crippen MR) is 121 cm³/mol. The molecular formula is C21H30FN5O5S. The van der Waals surface area contributed by atoms with Crippen LogP contribution < -0.4 is 16.4 Å². The van der Waals surface area contributed by atoms with Crippen LogP contribution in [0, 0.1) is 11.0 Å². The fourth-order valence-electron chi connectivity index (χ4n) is 3.49. The summed E-state index contributed by atoms with van der Waals surface area (Å²) in [7, 11) is 0. The van der Waals surface area contributed by atoms with Gasteiger partial charge in [0.1, 0.15) is 17.5 Å². The van der Waals surface area contributed by atoms with Crippen LogP contribution in [0.1, 0.15) is 51.5 Å². The highest BCUT2D eigenvalue weighted by molar-refractivity contribution is 7.10. The van der Waals surface area contributed by atoms with E-state index >= 15 is 0 Å². The molecule has 10 nitrogen and oxygen atoms in total. The maximum absolute atomic E-state index is 14.4. The van der Waals surface area contributed by atoms with Gasteiger partial charge < -0.3 is 26.0 Å². The van der Waals surface area contributed by atoms with E-state index in [0.717, 1.165) is 11.3 Å². The smallest absolute Gasteiger partial charge is 0.436 e. The third-order valence-corrected chi connectivity index (χ3v) is 6.10. The summed E-state index contributed by atoms with van der Waals surface area (Å²) in [4.78, 5) is 53.1. The molecule has 1 aliphatic rings. The average molecular weight is 484 g/mol. The van der Waals surface area contributed by atoms with Crippen LogP contribution in [0.4, 0.5) is 9.18 Å². The summed E-state index contributed by atoms with van der Waals surface area (Å²) in [5, 5.41) is 4.40. The van der Waals surface area contributed by atoms with E-state index in [1.807, 2.05) is 13.8 Å². The molecule has 1 fully saturated rings. The fourth-order valence-corrected chi connectivity index (χ4v) is 4.31. The molecule has 1 aromatic heterocycles. The van der Waals surface area contributed by atoms with Crippen LogP contribution in [0.15, 0.2) is 11.1 Å². The Morgan fingerprint density at radius 1 is 1.36 bits per heavy atom. The molecule has 1 aromatic rings. The third-order valence-electron chi connectivity index (χ3n) is 5.18. The molecule has 2 rings (SSSR count). The first-order valence-corrected chi connectivity index (χ1v) is 11.3. The lowest BCUT2D eigenvalue weighted by molar-refractivity contribution is -0.139. The Balaban J connectivity index is 2.06. The van der Waals surface area contributed by atoms with Crippen LogP contribution in [-0.4, -0.2) is 59.3 Å². The molecule has 182 valence electrons. The van der Waals surface area contributed by atoms with E-state index < -0.39 is 22.9 Å². The Morgan fingerprint density at radius 2 is 2.03 bits per heavy atom. The molecule has 0 aliphatic carbocycles. The van der Waals surface area contributed by atoms with Gasteiger partial charge in [-0.3, -0.25) is 14.4 Å². The van der Waals surface area contributed by atoms with Crippen LogP contribution in [-0.2, 0) is 25.7 Å². The van der Waals surface area contributed by atoms with Crippen molar-refractivity contribution in [1.29, 1.82) is 0 Å². The molecular weight excluding hydrogens is 453 g/mol. The van der Waals surface area contributed by atoms with Crippen LogP contribution in [0.2, 0.25) is 0 Å². The molecule has 2 unspecified atom stereocenters. The molecule has 33 heavy (non-hydrogen) atoms. The highest BCUT2D eigenvalue weighted by Crippen LogP contribution is 2.30. The molecule has 12 heteroatoms. The standard InChI is InChI=1S/C21H30FN5O5S/c1-11-6-15(27(12(11)2)16(29)9-24-10-28)19(30)25-8-13-7-14(17(22)33-13)18(23)26-20(31)32-21(3,4)5/h7,10-12,15H,6,8-9H2,1-5H3,(H,24,28)(H,25,30)(H2,23,26,31)/t11-,12?,15?/m0/s1. The minimum absolute atomic E-state index is 0.00795.